The van der Waals surface area contributed by atoms with Gasteiger partial charge in [-0.2, -0.15) is 0 Å². The third-order valence-electron chi connectivity index (χ3n) is 1.85. The molecule has 0 aliphatic heterocycles. The average Bonchev–Trinajstić information content (AvgIpc) is 2.23. The van der Waals surface area contributed by atoms with Gasteiger partial charge in [-0.1, -0.05) is 20.8 Å². The Morgan fingerprint density at radius 2 is 1.82 bits per heavy atom. The second-order valence-corrected chi connectivity index (χ2v) is 4.46. The fourth-order valence-corrected chi connectivity index (χ4v) is 1.06. The van der Waals surface area contributed by atoms with Crippen LogP contribution in [0.25, 0.3) is 0 Å². The van der Waals surface area contributed by atoms with Gasteiger partial charge in [0.15, 0.2) is 0 Å². The van der Waals surface area contributed by atoms with Crippen molar-refractivity contribution in [2.24, 2.45) is 5.92 Å². The highest BCUT2D eigenvalue weighted by atomic mass is 16.5. The van der Waals surface area contributed by atoms with Gasteiger partial charge in [0.25, 0.3) is 0 Å². The smallest absolute Gasteiger partial charge is 0.407 e. The van der Waals surface area contributed by atoms with Gasteiger partial charge in [0.1, 0.15) is 0 Å². The lowest BCUT2D eigenvalue weighted by atomic mass is 10.2. The molecule has 0 aliphatic carbocycles. The van der Waals surface area contributed by atoms with E-state index in [1.54, 1.807) is 6.92 Å². The molecule has 0 saturated heterocycles. The van der Waals surface area contributed by atoms with Crippen molar-refractivity contribution in [1.82, 2.24) is 5.32 Å². The first-order valence-corrected chi connectivity index (χ1v) is 6.04. The minimum Gasteiger partial charge on any atom is -0.465 e. The number of carbonyl (C=O) groups is 2. The SMILES string of the molecule is CCCOC(=O)NC(C)CC(=O)OCC(C)C. The Morgan fingerprint density at radius 1 is 1.18 bits per heavy atom. The maximum absolute atomic E-state index is 11.3. The normalized spacial score (nSPS) is 12.1. The molecule has 0 fully saturated rings. The van der Waals surface area contributed by atoms with Crippen molar-refractivity contribution in [2.45, 2.75) is 46.6 Å². The summed E-state index contributed by atoms with van der Waals surface area (Å²) in [6, 6.07) is -0.279. The molecular weight excluding hydrogens is 222 g/mol. The second-order valence-electron chi connectivity index (χ2n) is 4.46. The van der Waals surface area contributed by atoms with Crippen LogP contribution in [0.2, 0.25) is 0 Å². The highest BCUT2D eigenvalue weighted by Gasteiger charge is 2.13. The van der Waals surface area contributed by atoms with Crippen LogP contribution in [0.3, 0.4) is 0 Å². The fraction of sp³-hybridized carbons (Fsp3) is 0.833. The van der Waals surface area contributed by atoms with Crippen LogP contribution in [0.4, 0.5) is 4.79 Å². The van der Waals surface area contributed by atoms with E-state index in [1.807, 2.05) is 20.8 Å². The van der Waals surface area contributed by atoms with E-state index < -0.39 is 6.09 Å². The van der Waals surface area contributed by atoms with E-state index in [0.717, 1.165) is 6.42 Å². The van der Waals surface area contributed by atoms with Gasteiger partial charge >= 0.3 is 12.1 Å². The lowest BCUT2D eigenvalue weighted by Gasteiger charge is -2.13. The molecule has 1 atom stereocenters. The molecule has 0 bridgehead atoms. The average molecular weight is 245 g/mol. The molecule has 1 amide bonds. The molecule has 100 valence electrons. The van der Waals surface area contributed by atoms with Gasteiger partial charge in [-0.15, -0.1) is 0 Å². The molecule has 5 heteroatoms. The zero-order valence-corrected chi connectivity index (χ0v) is 11.1. The predicted octanol–water partition coefficient (Wildman–Crippen LogP) is 2.10. The van der Waals surface area contributed by atoms with Crippen LogP contribution < -0.4 is 5.32 Å². The van der Waals surface area contributed by atoms with Gasteiger partial charge in [0.2, 0.25) is 0 Å². The summed E-state index contributed by atoms with van der Waals surface area (Å²) in [6.45, 7) is 8.39. The Balaban J connectivity index is 3.73. The minimum atomic E-state index is -0.490. The van der Waals surface area contributed by atoms with Gasteiger partial charge in [0.05, 0.1) is 19.6 Å². The Bertz CT molecular complexity index is 241. The van der Waals surface area contributed by atoms with Gasteiger partial charge < -0.3 is 14.8 Å². The summed E-state index contributed by atoms with van der Waals surface area (Å²) in [5, 5.41) is 2.57. The Kier molecular flexibility index (Phi) is 8.19. The highest BCUT2D eigenvalue weighted by Crippen LogP contribution is 1.99. The molecule has 0 saturated carbocycles. The van der Waals surface area contributed by atoms with E-state index in [9.17, 15) is 9.59 Å². The Morgan fingerprint density at radius 3 is 2.35 bits per heavy atom. The number of amides is 1. The monoisotopic (exact) mass is 245 g/mol. The van der Waals surface area contributed by atoms with Crippen LogP contribution in [-0.4, -0.2) is 31.3 Å². The summed E-state index contributed by atoms with van der Waals surface area (Å²) in [5.74, 6) is 0.0127. The number of alkyl carbamates (subject to hydrolysis) is 1. The molecule has 17 heavy (non-hydrogen) atoms. The molecule has 0 heterocycles. The number of rotatable bonds is 7. The van der Waals surface area contributed by atoms with Crippen molar-refractivity contribution >= 4 is 12.1 Å². The summed E-state index contributed by atoms with van der Waals surface area (Å²) < 4.78 is 9.85. The zero-order chi connectivity index (χ0) is 13.3. The number of hydrogen-bond donors (Lipinski definition) is 1. The van der Waals surface area contributed by atoms with Crippen molar-refractivity contribution in [3.05, 3.63) is 0 Å². The van der Waals surface area contributed by atoms with Crippen LogP contribution >= 0.6 is 0 Å². The van der Waals surface area contributed by atoms with Crippen LogP contribution in [0.15, 0.2) is 0 Å². The molecule has 1 unspecified atom stereocenters. The van der Waals surface area contributed by atoms with E-state index in [1.165, 1.54) is 0 Å². The van der Waals surface area contributed by atoms with E-state index >= 15 is 0 Å². The Hall–Kier alpha value is -1.26. The molecule has 5 nitrogen and oxygen atoms in total. The highest BCUT2D eigenvalue weighted by molar-refractivity contribution is 5.72. The lowest BCUT2D eigenvalue weighted by Crippen LogP contribution is -2.35. The van der Waals surface area contributed by atoms with Crippen LogP contribution in [0.5, 0.6) is 0 Å². The van der Waals surface area contributed by atoms with E-state index in [-0.39, 0.29) is 18.4 Å². The summed E-state index contributed by atoms with van der Waals surface area (Å²) in [4.78, 5) is 22.5. The quantitative estimate of drug-likeness (QED) is 0.698. The largest absolute Gasteiger partial charge is 0.465 e. The molecule has 0 aliphatic rings. The number of nitrogens with one attached hydrogen (secondary N) is 1. The molecule has 0 aromatic heterocycles. The molecule has 0 rings (SSSR count). The van der Waals surface area contributed by atoms with Crippen molar-refractivity contribution < 1.29 is 19.1 Å². The van der Waals surface area contributed by atoms with E-state index in [4.69, 9.17) is 9.47 Å². The molecule has 0 aromatic rings. The van der Waals surface area contributed by atoms with Crippen LogP contribution in [0.1, 0.15) is 40.5 Å². The number of carbonyl (C=O) groups excluding carboxylic acids is 2. The van der Waals surface area contributed by atoms with E-state index in [2.05, 4.69) is 5.32 Å². The lowest BCUT2D eigenvalue weighted by molar-refractivity contribution is -0.145. The minimum absolute atomic E-state index is 0.161. The first-order chi connectivity index (χ1) is 7.95. The maximum atomic E-state index is 11.3. The number of esters is 1. The fourth-order valence-electron chi connectivity index (χ4n) is 1.06. The first-order valence-electron chi connectivity index (χ1n) is 6.04. The van der Waals surface area contributed by atoms with Crippen LogP contribution in [0, 0.1) is 5.92 Å². The summed E-state index contributed by atoms with van der Waals surface area (Å²) in [5.41, 5.74) is 0. The van der Waals surface area contributed by atoms with Crippen LogP contribution in [-0.2, 0) is 14.3 Å². The Labute approximate surface area is 103 Å². The standard InChI is InChI=1S/C12H23NO4/c1-5-6-16-12(15)13-10(4)7-11(14)17-8-9(2)3/h9-10H,5-8H2,1-4H3,(H,13,15). The van der Waals surface area contributed by atoms with Gasteiger partial charge in [-0.3, -0.25) is 4.79 Å². The van der Waals surface area contributed by atoms with Crippen molar-refractivity contribution in [3.8, 4) is 0 Å². The summed E-state index contributed by atoms with van der Waals surface area (Å²) in [6.07, 6.45) is 0.447. The number of ether oxygens (including phenoxy) is 2. The third-order valence-corrected chi connectivity index (χ3v) is 1.85. The summed E-state index contributed by atoms with van der Waals surface area (Å²) >= 11 is 0. The van der Waals surface area contributed by atoms with E-state index in [0.29, 0.717) is 19.1 Å². The molecule has 0 aromatic carbocycles. The predicted molar refractivity (Wildman–Crippen MR) is 64.7 cm³/mol. The molecular formula is C12H23NO4. The maximum Gasteiger partial charge on any atom is 0.407 e. The van der Waals surface area contributed by atoms with Gasteiger partial charge in [0, 0.05) is 6.04 Å². The second kappa shape index (κ2) is 8.84. The summed E-state index contributed by atoms with van der Waals surface area (Å²) in [7, 11) is 0. The van der Waals surface area contributed by atoms with Gasteiger partial charge in [-0.25, -0.2) is 4.79 Å². The molecule has 1 N–H and O–H groups in total. The van der Waals surface area contributed by atoms with Crippen molar-refractivity contribution in [2.75, 3.05) is 13.2 Å². The number of hydrogen-bond acceptors (Lipinski definition) is 4. The van der Waals surface area contributed by atoms with Crippen molar-refractivity contribution in [1.29, 1.82) is 0 Å². The topological polar surface area (TPSA) is 64.6 Å². The first kappa shape index (κ1) is 15.7. The molecule has 0 radical (unpaired) electrons. The molecule has 0 spiro atoms. The third kappa shape index (κ3) is 9.66. The zero-order valence-electron chi connectivity index (χ0n) is 11.1. The van der Waals surface area contributed by atoms with Crippen molar-refractivity contribution in [3.63, 3.8) is 0 Å². The van der Waals surface area contributed by atoms with Gasteiger partial charge in [-0.05, 0) is 19.3 Å².